The highest BCUT2D eigenvalue weighted by atomic mass is 16.2. The molecule has 0 aromatic carbocycles. The van der Waals surface area contributed by atoms with Crippen molar-refractivity contribution in [2.45, 2.75) is 25.8 Å². The molecule has 4 rings (SSSR count). The van der Waals surface area contributed by atoms with Crippen LogP contribution in [0.1, 0.15) is 30.1 Å². The Morgan fingerprint density at radius 2 is 2.22 bits per heavy atom. The number of nitrogens with zero attached hydrogens (tertiary/aromatic N) is 3. The summed E-state index contributed by atoms with van der Waals surface area (Å²) in [7, 11) is 0. The third-order valence-electron chi connectivity index (χ3n) is 5.37. The first-order chi connectivity index (χ1) is 13.1. The maximum Gasteiger partial charge on any atom is 0.255 e. The van der Waals surface area contributed by atoms with Crippen molar-refractivity contribution in [3.05, 3.63) is 30.6 Å². The monoisotopic (exact) mass is 368 g/mol. The van der Waals surface area contributed by atoms with Gasteiger partial charge in [0.15, 0.2) is 5.65 Å². The first kappa shape index (κ1) is 17.5. The van der Waals surface area contributed by atoms with Gasteiger partial charge in [-0.25, -0.2) is 9.97 Å². The summed E-state index contributed by atoms with van der Waals surface area (Å²) in [5.74, 6) is 1.47. The molecule has 2 aromatic heterocycles. The number of rotatable bonds is 6. The number of nitrogens with one attached hydrogen (secondary N) is 3. The number of carbonyl (C=O) groups is 2. The second-order valence-corrected chi connectivity index (χ2v) is 7.21. The van der Waals surface area contributed by atoms with Gasteiger partial charge < -0.3 is 20.5 Å². The summed E-state index contributed by atoms with van der Waals surface area (Å²) in [5.41, 5.74) is 1.61. The third kappa shape index (κ3) is 3.39. The largest absolute Gasteiger partial charge is 0.364 e. The maximum atomic E-state index is 12.2. The highest BCUT2D eigenvalue weighted by molar-refractivity contribution is 6.04. The Morgan fingerprint density at radius 3 is 2.93 bits per heavy atom. The van der Waals surface area contributed by atoms with Crippen LogP contribution in [0.25, 0.3) is 11.2 Å². The highest BCUT2D eigenvalue weighted by Gasteiger charge is 2.43. The Labute approximate surface area is 157 Å². The minimum Gasteiger partial charge on any atom is -0.364 e. The van der Waals surface area contributed by atoms with Crippen LogP contribution in [0.2, 0.25) is 0 Å². The van der Waals surface area contributed by atoms with Crippen LogP contribution in [-0.4, -0.2) is 57.3 Å². The number of H-pyrrole nitrogens is 1. The maximum absolute atomic E-state index is 12.2. The molecule has 1 saturated heterocycles. The molecule has 27 heavy (non-hydrogen) atoms. The molecular formula is C19H24N6O2. The fraction of sp³-hybridized carbons (Fsp3) is 0.474. The quantitative estimate of drug-likeness (QED) is 0.671. The van der Waals surface area contributed by atoms with Crippen LogP contribution in [0, 0.1) is 11.8 Å². The lowest BCUT2D eigenvalue weighted by Gasteiger charge is -2.19. The van der Waals surface area contributed by atoms with Crippen LogP contribution in [0.15, 0.2) is 25.0 Å². The number of fused-ring (bicyclic) bond motifs is 1. The first-order valence-electron chi connectivity index (χ1n) is 9.41. The van der Waals surface area contributed by atoms with Crippen molar-refractivity contribution in [3.63, 3.8) is 0 Å². The Morgan fingerprint density at radius 1 is 1.41 bits per heavy atom. The fourth-order valence-corrected chi connectivity index (χ4v) is 3.87. The fourth-order valence-electron chi connectivity index (χ4n) is 3.87. The molecule has 3 heterocycles. The molecule has 1 aliphatic heterocycles. The van der Waals surface area contributed by atoms with E-state index in [0.717, 1.165) is 6.54 Å². The van der Waals surface area contributed by atoms with E-state index in [4.69, 9.17) is 0 Å². The van der Waals surface area contributed by atoms with Crippen molar-refractivity contribution >= 4 is 28.8 Å². The molecule has 0 spiro atoms. The molecule has 2 fully saturated rings. The predicted octanol–water partition coefficient (Wildman–Crippen LogP) is 1.54. The van der Waals surface area contributed by atoms with E-state index in [9.17, 15) is 9.59 Å². The molecule has 1 saturated carbocycles. The first-order valence-corrected chi connectivity index (χ1v) is 9.41. The zero-order valence-electron chi connectivity index (χ0n) is 15.4. The summed E-state index contributed by atoms with van der Waals surface area (Å²) < 4.78 is 0. The van der Waals surface area contributed by atoms with E-state index >= 15 is 0 Å². The third-order valence-corrected chi connectivity index (χ3v) is 5.37. The summed E-state index contributed by atoms with van der Waals surface area (Å²) in [6.45, 7) is 7.39. The molecule has 8 nitrogen and oxygen atoms in total. The molecule has 3 N–H and O–H groups in total. The Bertz CT molecular complexity index is 887. The zero-order chi connectivity index (χ0) is 19.0. The van der Waals surface area contributed by atoms with Crippen molar-refractivity contribution in [2.24, 2.45) is 11.8 Å². The van der Waals surface area contributed by atoms with Gasteiger partial charge in [0.05, 0.1) is 11.8 Å². The smallest absolute Gasteiger partial charge is 0.255 e. The van der Waals surface area contributed by atoms with E-state index in [0.29, 0.717) is 47.5 Å². The number of aromatic nitrogens is 3. The molecule has 8 heteroatoms. The number of amides is 2. The summed E-state index contributed by atoms with van der Waals surface area (Å²) >= 11 is 0. The summed E-state index contributed by atoms with van der Waals surface area (Å²) in [5, 5.41) is 6.24. The lowest BCUT2D eigenvalue weighted by molar-refractivity contribution is -0.125. The summed E-state index contributed by atoms with van der Waals surface area (Å²) in [6, 6.07) is 0.125. The standard InChI is InChI=1S/C19H24N6O2/c1-3-16(26)25-9-13(11-5-6-11)14(10-25)23-15-8-22-18-17(24-15)12(7-21-18)19(27)20-4-2/h3,7-8,11,13-14H,1,4-6,9-10H2,2H3,(H,20,27)(H,21,22)(H,23,24)/t13?,14-/m1/s1. The topological polar surface area (TPSA) is 103 Å². The van der Waals surface area contributed by atoms with Gasteiger partial charge in [-0.3, -0.25) is 9.59 Å². The van der Waals surface area contributed by atoms with Crippen molar-refractivity contribution in [2.75, 3.05) is 25.0 Å². The second-order valence-electron chi connectivity index (χ2n) is 7.21. The predicted molar refractivity (Wildman–Crippen MR) is 102 cm³/mol. The SMILES string of the molecule is C=CC(=O)N1CC(C2CC2)[C@H](Nc2cnc3[nH]cc(C(=O)NCC)c3n2)C1. The molecule has 2 atom stereocenters. The Balaban J connectivity index is 1.56. The van der Waals surface area contributed by atoms with Gasteiger partial charge >= 0.3 is 0 Å². The van der Waals surface area contributed by atoms with Crippen LogP contribution in [-0.2, 0) is 4.79 Å². The molecule has 0 radical (unpaired) electrons. The lowest BCUT2D eigenvalue weighted by atomic mass is 9.98. The molecule has 2 aromatic rings. The van der Waals surface area contributed by atoms with E-state index in [2.05, 4.69) is 32.2 Å². The number of carbonyl (C=O) groups excluding carboxylic acids is 2. The molecular weight excluding hydrogens is 344 g/mol. The number of anilines is 1. The number of hydrogen-bond donors (Lipinski definition) is 3. The van der Waals surface area contributed by atoms with Gasteiger partial charge in [-0.05, 0) is 31.8 Å². The second kappa shape index (κ2) is 7.02. The van der Waals surface area contributed by atoms with Crippen LogP contribution in [0.5, 0.6) is 0 Å². The molecule has 0 bridgehead atoms. The number of likely N-dealkylation sites (tertiary alicyclic amines) is 1. The van der Waals surface area contributed by atoms with Gasteiger partial charge in [-0.15, -0.1) is 0 Å². The van der Waals surface area contributed by atoms with Gasteiger partial charge in [-0.2, -0.15) is 0 Å². The Kier molecular flexibility index (Phi) is 4.55. The van der Waals surface area contributed by atoms with Crippen molar-refractivity contribution < 1.29 is 9.59 Å². The summed E-state index contributed by atoms with van der Waals surface area (Å²) in [4.78, 5) is 38.1. The molecule has 2 aliphatic rings. The van der Waals surface area contributed by atoms with E-state index in [-0.39, 0.29) is 17.9 Å². The van der Waals surface area contributed by atoms with Crippen molar-refractivity contribution in [1.29, 1.82) is 0 Å². The average molecular weight is 368 g/mol. The van der Waals surface area contributed by atoms with Crippen LogP contribution in [0.3, 0.4) is 0 Å². The summed E-state index contributed by atoms with van der Waals surface area (Å²) in [6.07, 6.45) is 7.09. The average Bonchev–Trinajstić information content (AvgIpc) is 3.29. The van der Waals surface area contributed by atoms with Crippen LogP contribution in [0.4, 0.5) is 5.82 Å². The molecule has 1 aliphatic carbocycles. The van der Waals surface area contributed by atoms with Gasteiger partial charge in [0.2, 0.25) is 5.91 Å². The number of hydrogen-bond acceptors (Lipinski definition) is 5. The van der Waals surface area contributed by atoms with E-state index < -0.39 is 0 Å². The van der Waals surface area contributed by atoms with Crippen LogP contribution >= 0.6 is 0 Å². The van der Waals surface area contributed by atoms with E-state index in [1.807, 2.05) is 11.8 Å². The number of aromatic amines is 1. The van der Waals surface area contributed by atoms with Crippen molar-refractivity contribution in [3.8, 4) is 0 Å². The van der Waals surface area contributed by atoms with Crippen molar-refractivity contribution in [1.82, 2.24) is 25.2 Å². The normalized spacial score (nSPS) is 22.0. The lowest BCUT2D eigenvalue weighted by Crippen LogP contribution is -2.31. The molecule has 142 valence electrons. The van der Waals surface area contributed by atoms with Gasteiger partial charge in [0.1, 0.15) is 11.3 Å². The van der Waals surface area contributed by atoms with E-state index in [1.165, 1.54) is 18.9 Å². The van der Waals surface area contributed by atoms with Crippen LogP contribution < -0.4 is 10.6 Å². The highest BCUT2D eigenvalue weighted by Crippen LogP contribution is 2.42. The minimum absolute atomic E-state index is 0.0318. The van der Waals surface area contributed by atoms with Gasteiger partial charge in [0.25, 0.3) is 5.91 Å². The van der Waals surface area contributed by atoms with Gasteiger partial charge in [-0.1, -0.05) is 6.58 Å². The van der Waals surface area contributed by atoms with Gasteiger partial charge in [0, 0.05) is 37.8 Å². The zero-order valence-corrected chi connectivity index (χ0v) is 15.4. The molecule has 1 unspecified atom stereocenters. The van der Waals surface area contributed by atoms with E-state index in [1.54, 1.807) is 12.4 Å². The Hall–Kier alpha value is -2.90. The molecule has 2 amide bonds. The minimum atomic E-state index is -0.172.